The Labute approximate surface area is 185 Å². The van der Waals surface area contributed by atoms with Crippen molar-refractivity contribution in [3.8, 4) is 11.5 Å². The Balaban J connectivity index is 1.82. The first kappa shape index (κ1) is 21.8. The van der Waals surface area contributed by atoms with Gasteiger partial charge in [0.15, 0.2) is 0 Å². The van der Waals surface area contributed by atoms with E-state index in [9.17, 15) is 24.6 Å². The van der Waals surface area contributed by atoms with Crippen molar-refractivity contribution < 1.29 is 29.3 Å². The minimum Gasteiger partial charge on any atom is -0.508 e. The van der Waals surface area contributed by atoms with Gasteiger partial charge >= 0.3 is 5.97 Å². The molecule has 0 bridgehead atoms. The number of ether oxygens (including phenoxy) is 1. The van der Waals surface area contributed by atoms with Crippen LogP contribution in [-0.2, 0) is 20.9 Å². The van der Waals surface area contributed by atoms with E-state index in [0.717, 1.165) is 10.5 Å². The Morgan fingerprint density at radius 1 is 1.16 bits per heavy atom. The number of aromatic hydroxyl groups is 1. The van der Waals surface area contributed by atoms with E-state index in [0.29, 0.717) is 17.7 Å². The van der Waals surface area contributed by atoms with Crippen LogP contribution in [0.1, 0.15) is 36.9 Å². The summed E-state index contributed by atoms with van der Waals surface area (Å²) in [6.07, 6.45) is 0.669. The lowest BCUT2D eigenvalue weighted by Gasteiger charge is -2.31. The van der Waals surface area contributed by atoms with E-state index in [4.69, 9.17) is 4.74 Å². The largest absolute Gasteiger partial charge is 0.508 e. The molecule has 2 aromatic carbocycles. The number of rotatable bonds is 7. The first-order valence-electron chi connectivity index (χ1n) is 10.6. The fourth-order valence-electron chi connectivity index (χ4n) is 5.09. The third-order valence-electron chi connectivity index (χ3n) is 6.52. The molecule has 0 saturated carbocycles. The normalized spacial score (nSPS) is 26.9. The van der Waals surface area contributed by atoms with Gasteiger partial charge in [-0.05, 0) is 30.2 Å². The number of methoxy groups -OCH3 is 1. The average Bonchev–Trinajstić information content (AvgIpc) is 3.25. The van der Waals surface area contributed by atoms with Crippen LogP contribution in [0.25, 0.3) is 0 Å². The quantitative estimate of drug-likeness (QED) is 0.569. The third-order valence-corrected chi connectivity index (χ3v) is 6.52. The molecule has 32 heavy (non-hydrogen) atoms. The number of nitrogens with one attached hydrogen (secondary N) is 1. The number of hydrogen-bond donors (Lipinski definition) is 3. The number of hydrogen-bond acceptors (Lipinski definition) is 6. The summed E-state index contributed by atoms with van der Waals surface area (Å²) in [4.78, 5) is 40.7. The average molecular weight is 438 g/mol. The number of likely N-dealkylation sites (tertiary alicyclic amines) is 1. The van der Waals surface area contributed by atoms with Crippen LogP contribution in [0, 0.1) is 11.8 Å². The van der Waals surface area contributed by atoms with Crippen molar-refractivity contribution in [1.82, 2.24) is 10.2 Å². The molecule has 2 amide bonds. The van der Waals surface area contributed by atoms with E-state index in [1.54, 1.807) is 12.1 Å². The molecule has 2 fully saturated rings. The predicted molar refractivity (Wildman–Crippen MR) is 115 cm³/mol. The molecule has 4 rings (SSSR count). The molecule has 8 nitrogen and oxygen atoms in total. The van der Waals surface area contributed by atoms with Crippen LogP contribution in [0.5, 0.6) is 11.5 Å². The van der Waals surface area contributed by atoms with Crippen molar-refractivity contribution in [2.45, 2.75) is 37.9 Å². The van der Waals surface area contributed by atoms with Crippen molar-refractivity contribution in [3.05, 3.63) is 59.7 Å². The second-order valence-electron chi connectivity index (χ2n) is 8.32. The molecule has 4 atom stereocenters. The van der Waals surface area contributed by atoms with Crippen LogP contribution in [0.15, 0.2) is 48.5 Å². The molecule has 8 heteroatoms. The van der Waals surface area contributed by atoms with Crippen LogP contribution in [0.4, 0.5) is 0 Å². The molecule has 2 saturated heterocycles. The number of carboxylic acids is 1. The number of carbonyl (C=O) groups is 3. The number of carbonyl (C=O) groups excluding carboxylic acids is 2. The lowest BCUT2D eigenvalue weighted by molar-refractivity contribution is -0.152. The molecule has 2 heterocycles. The van der Waals surface area contributed by atoms with Crippen molar-refractivity contribution in [2.75, 3.05) is 7.11 Å². The van der Waals surface area contributed by atoms with Gasteiger partial charge in [0, 0.05) is 11.6 Å². The van der Waals surface area contributed by atoms with Gasteiger partial charge in [-0.2, -0.15) is 0 Å². The second-order valence-corrected chi connectivity index (χ2v) is 8.32. The molecule has 2 aliphatic rings. The number of phenolic OH excluding ortho intramolecular Hbond substituents is 1. The molecule has 0 aliphatic carbocycles. The number of carboxylic acid groups (broad SMARTS) is 1. The Morgan fingerprint density at radius 3 is 2.50 bits per heavy atom. The van der Waals surface area contributed by atoms with Crippen molar-refractivity contribution in [1.29, 1.82) is 0 Å². The van der Waals surface area contributed by atoms with E-state index in [2.05, 4.69) is 5.32 Å². The van der Waals surface area contributed by atoms with Crippen molar-refractivity contribution in [2.24, 2.45) is 11.8 Å². The number of amides is 2. The van der Waals surface area contributed by atoms with Crippen molar-refractivity contribution in [3.63, 3.8) is 0 Å². The molecule has 3 N–H and O–H groups in total. The topological polar surface area (TPSA) is 116 Å². The highest BCUT2D eigenvalue weighted by Gasteiger charge is 2.68. The number of phenols is 1. The van der Waals surface area contributed by atoms with Crippen LogP contribution in [-0.4, -0.2) is 45.5 Å². The van der Waals surface area contributed by atoms with Gasteiger partial charge in [0.25, 0.3) is 0 Å². The van der Waals surface area contributed by atoms with Gasteiger partial charge in [0.05, 0.1) is 25.5 Å². The minimum atomic E-state index is -1.61. The molecule has 0 radical (unpaired) electrons. The number of imide groups is 1. The second kappa shape index (κ2) is 8.27. The highest BCUT2D eigenvalue weighted by Crippen LogP contribution is 2.52. The summed E-state index contributed by atoms with van der Waals surface area (Å²) in [7, 11) is 1.48. The molecule has 0 unspecified atom stereocenters. The zero-order valence-corrected chi connectivity index (χ0v) is 17.9. The number of fused-ring (bicyclic) bond motifs is 1. The zero-order chi connectivity index (χ0) is 23.0. The van der Waals surface area contributed by atoms with Crippen LogP contribution in [0.2, 0.25) is 0 Å². The Morgan fingerprint density at radius 2 is 1.88 bits per heavy atom. The van der Waals surface area contributed by atoms with Gasteiger partial charge in [0.1, 0.15) is 17.0 Å². The zero-order valence-electron chi connectivity index (χ0n) is 17.9. The molecular formula is C24H26N2O6. The monoisotopic (exact) mass is 438 g/mol. The SMILES string of the molecule is CCC[C@]1(C(=O)O)N[C@H](c2cc(OC)ccc2O)[C@H]2C(=O)N(Cc3ccccc3)C(=O)[C@@H]21. The Bertz CT molecular complexity index is 1060. The maximum absolute atomic E-state index is 13.5. The molecule has 0 aromatic heterocycles. The summed E-state index contributed by atoms with van der Waals surface area (Å²) in [5.74, 6) is -3.79. The van der Waals surface area contributed by atoms with Crippen LogP contribution < -0.4 is 10.1 Å². The summed E-state index contributed by atoms with van der Waals surface area (Å²) >= 11 is 0. The minimum absolute atomic E-state index is 0.0736. The van der Waals surface area contributed by atoms with Gasteiger partial charge in [-0.15, -0.1) is 0 Å². The van der Waals surface area contributed by atoms with Crippen LogP contribution in [0.3, 0.4) is 0 Å². The lowest BCUT2D eigenvalue weighted by Crippen LogP contribution is -2.55. The number of aliphatic carboxylic acids is 1. The first-order chi connectivity index (χ1) is 15.3. The number of nitrogens with zero attached hydrogens (tertiary/aromatic N) is 1. The van der Waals surface area contributed by atoms with E-state index < -0.39 is 41.2 Å². The van der Waals surface area contributed by atoms with E-state index in [1.807, 2.05) is 37.3 Å². The summed E-state index contributed by atoms with van der Waals surface area (Å²) in [5.41, 5.74) is -0.502. The van der Waals surface area contributed by atoms with Crippen LogP contribution >= 0.6 is 0 Å². The third kappa shape index (κ3) is 3.31. The van der Waals surface area contributed by atoms with Gasteiger partial charge in [-0.25, -0.2) is 0 Å². The summed E-state index contributed by atoms with van der Waals surface area (Å²) in [5, 5.41) is 23.9. The van der Waals surface area contributed by atoms with Gasteiger partial charge in [-0.1, -0.05) is 43.7 Å². The smallest absolute Gasteiger partial charge is 0.324 e. The fourth-order valence-corrected chi connectivity index (χ4v) is 5.09. The standard InChI is InChI=1S/C24H26N2O6/c1-3-11-24(23(30)31)19-18(20(25-24)16-12-15(32-2)9-10-17(16)27)21(28)26(22(19)29)13-14-7-5-4-6-8-14/h4-10,12,18-20,25,27H,3,11,13H2,1-2H3,(H,30,31)/t18-,19+,20+,24-/m0/s1. The molecular weight excluding hydrogens is 412 g/mol. The molecule has 168 valence electrons. The highest BCUT2D eigenvalue weighted by molar-refractivity contribution is 6.09. The van der Waals surface area contributed by atoms with E-state index in [-0.39, 0.29) is 18.7 Å². The Hall–Kier alpha value is -3.39. The van der Waals surface area contributed by atoms with E-state index >= 15 is 0 Å². The molecule has 2 aromatic rings. The lowest BCUT2D eigenvalue weighted by atomic mass is 9.77. The maximum Gasteiger partial charge on any atom is 0.324 e. The highest BCUT2D eigenvalue weighted by atomic mass is 16.5. The first-order valence-corrected chi connectivity index (χ1v) is 10.6. The summed E-state index contributed by atoms with van der Waals surface area (Å²) in [6.45, 7) is 1.91. The van der Waals surface area contributed by atoms with E-state index in [1.165, 1.54) is 13.2 Å². The Kier molecular flexibility index (Phi) is 5.64. The molecule has 2 aliphatic heterocycles. The maximum atomic E-state index is 13.5. The fraction of sp³-hybridized carbons (Fsp3) is 0.375. The predicted octanol–water partition coefficient (Wildman–Crippen LogP) is 2.47. The number of benzene rings is 2. The summed E-state index contributed by atoms with van der Waals surface area (Å²) < 4.78 is 5.26. The van der Waals surface area contributed by atoms with Gasteiger partial charge in [0.2, 0.25) is 11.8 Å². The van der Waals surface area contributed by atoms with Gasteiger partial charge < -0.3 is 14.9 Å². The van der Waals surface area contributed by atoms with Gasteiger partial charge in [-0.3, -0.25) is 24.6 Å². The summed E-state index contributed by atoms with van der Waals surface area (Å²) in [6, 6.07) is 12.8. The molecule has 0 spiro atoms. The van der Waals surface area contributed by atoms with Crippen molar-refractivity contribution >= 4 is 17.8 Å².